The highest BCUT2D eigenvalue weighted by molar-refractivity contribution is 5.89. The Morgan fingerprint density at radius 1 is 1.20 bits per heavy atom. The van der Waals surface area contributed by atoms with Gasteiger partial charge in [-0.25, -0.2) is 0 Å². The summed E-state index contributed by atoms with van der Waals surface area (Å²) in [5, 5.41) is 3.22. The first-order valence-electron chi connectivity index (χ1n) is 7.96. The summed E-state index contributed by atoms with van der Waals surface area (Å²) < 4.78 is 0. The van der Waals surface area contributed by atoms with Gasteiger partial charge >= 0.3 is 0 Å². The van der Waals surface area contributed by atoms with Crippen LogP contribution in [-0.4, -0.2) is 60.4 Å². The summed E-state index contributed by atoms with van der Waals surface area (Å²) in [6.45, 7) is 7.44. The molecule has 0 aromatic carbocycles. The van der Waals surface area contributed by atoms with Crippen LogP contribution in [0.4, 0.5) is 0 Å². The Kier molecular flexibility index (Phi) is 5.40. The van der Waals surface area contributed by atoms with Crippen molar-refractivity contribution in [3.8, 4) is 0 Å². The van der Waals surface area contributed by atoms with Crippen LogP contribution < -0.4 is 5.32 Å². The first kappa shape index (κ1) is 15.3. The maximum absolute atomic E-state index is 12.4. The highest BCUT2D eigenvalue weighted by Crippen LogP contribution is 2.27. The molecule has 20 heavy (non-hydrogen) atoms. The molecular weight excluding hydrogens is 254 g/mol. The van der Waals surface area contributed by atoms with Gasteiger partial charge in [0.2, 0.25) is 11.8 Å². The molecule has 5 heteroatoms. The van der Waals surface area contributed by atoms with Crippen molar-refractivity contribution in [2.75, 3.05) is 32.7 Å². The van der Waals surface area contributed by atoms with Crippen molar-refractivity contribution in [2.24, 2.45) is 5.92 Å². The zero-order chi connectivity index (χ0) is 14.5. The first-order valence-corrected chi connectivity index (χ1v) is 7.96. The molecule has 0 bridgehead atoms. The molecule has 5 nitrogen and oxygen atoms in total. The van der Waals surface area contributed by atoms with Gasteiger partial charge in [-0.1, -0.05) is 0 Å². The van der Waals surface area contributed by atoms with Gasteiger partial charge in [-0.05, 0) is 52.0 Å². The third kappa shape index (κ3) is 3.72. The second kappa shape index (κ2) is 7.07. The average Bonchev–Trinajstić information content (AvgIpc) is 3.13. The maximum atomic E-state index is 12.4. The zero-order valence-corrected chi connectivity index (χ0v) is 12.7. The van der Waals surface area contributed by atoms with Crippen LogP contribution in [0.2, 0.25) is 0 Å². The summed E-state index contributed by atoms with van der Waals surface area (Å²) >= 11 is 0. The van der Waals surface area contributed by atoms with Crippen LogP contribution in [0, 0.1) is 5.92 Å². The van der Waals surface area contributed by atoms with Crippen LogP contribution in [-0.2, 0) is 9.59 Å². The van der Waals surface area contributed by atoms with E-state index in [1.807, 2.05) is 18.7 Å². The fourth-order valence-corrected chi connectivity index (χ4v) is 2.87. The number of rotatable bonds is 7. The highest BCUT2D eigenvalue weighted by Gasteiger charge is 2.35. The van der Waals surface area contributed by atoms with Crippen molar-refractivity contribution in [1.82, 2.24) is 15.1 Å². The van der Waals surface area contributed by atoms with Crippen LogP contribution in [0.5, 0.6) is 0 Å². The Balaban J connectivity index is 1.84. The minimum absolute atomic E-state index is 0.0775. The predicted molar refractivity (Wildman–Crippen MR) is 78.3 cm³/mol. The van der Waals surface area contributed by atoms with Gasteiger partial charge in [0.05, 0.1) is 6.54 Å². The van der Waals surface area contributed by atoms with Gasteiger partial charge in [-0.2, -0.15) is 0 Å². The Labute approximate surface area is 121 Å². The third-order valence-corrected chi connectivity index (χ3v) is 4.34. The quantitative estimate of drug-likeness (QED) is 0.752. The second-order valence-corrected chi connectivity index (χ2v) is 5.83. The lowest BCUT2D eigenvalue weighted by atomic mass is 10.2. The molecule has 1 saturated carbocycles. The summed E-state index contributed by atoms with van der Waals surface area (Å²) in [5.41, 5.74) is 0. The molecule has 0 aromatic heterocycles. The molecule has 1 unspecified atom stereocenters. The Morgan fingerprint density at radius 3 is 2.50 bits per heavy atom. The van der Waals surface area contributed by atoms with Crippen LogP contribution >= 0.6 is 0 Å². The van der Waals surface area contributed by atoms with Crippen molar-refractivity contribution in [3.05, 3.63) is 0 Å². The van der Waals surface area contributed by atoms with E-state index in [1.165, 1.54) is 12.8 Å². The molecule has 2 fully saturated rings. The van der Waals surface area contributed by atoms with Gasteiger partial charge in [-0.3, -0.25) is 9.59 Å². The minimum Gasteiger partial charge on any atom is -0.341 e. The van der Waals surface area contributed by atoms with E-state index in [4.69, 9.17) is 0 Å². The number of likely N-dealkylation sites (tertiary alicyclic amines) is 1. The molecule has 2 rings (SSSR count). The molecule has 0 radical (unpaired) electrons. The molecule has 1 N–H and O–H groups in total. The van der Waals surface area contributed by atoms with E-state index < -0.39 is 0 Å². The minimum atomic E-state index is -0.231. The summed E-state index contributed by atoms with van der Waals surface area (Å²) in [7, 11) is 0. The van der Waals surface area contributed by atoms with Crippen molar-refractivity contribution in [2.45, 2.75) is 45.6 Å². The standard InChI is InChI=1S/C15H27N3O2/c1-3-17(4-2)15(20)13-6-5-9-18(13)14(19)11-16-10-12-7-8-12/h12-13,16H,3-11H2,1-2H3. The molecule has 1 saturated heterocycles. The Bertz CT molecular complexity index is 351. The molecule has 1 atom stereocenters. The lowest BCUT2D eigenvalue weighted by Crippen LogP contribution is -2.49. The van der Waals surface area contributed by atoms with Crippen molar-refractivity contribution < 1.29 is 9.59 Å². The number of likely N-dealkylation sites (N-methyl/N-ethyl adjacent to an activating group) is 1. The molecule has 2 amide bonds. The normalized spacial score (nSPS) is 22.1. The third-order valence-electron chi connectivity index (χ3n) is 4.34. The van der Waals surface area contributed by atoms with Gasteiger partial charge in [0, 0.05) is 19.6 Å². The number of hydrogen-bond donors (Lipinski definition) is 1. The van der Waals surface area contributed by atoms with Crippen molar-refractivity contribution in [3.63, 3.8) is 0 Å². The number of carbonyl (C=O) groups is 2. The van der Waals surface area contributed by atoms with E-state index >= 15 is 0 Å². The van der Waals surface area contributed by atoms with Gasteiger partial charge in [-0.15, -0.1) is 0 Å². The topological polar surface area (TPSA) is 52.7 Å². The summed E-state index contributed by atoms with van der Waals surface area (Å²) in [5.74, 6) is 0.964. The molecular formula is C15H27N3O2. The van der Waals surface area contributed by atoms with Gasteiger partial charge in [0.1, 0.15) is 6.04 Å². The van der Waals surface area contributed by atoms with E-state index in [0.29, 0.717) is 19.6 Å². The smallest absolute Gasteiger partial charge is 0.245 e. The molecule has 1 aliphatic heterocycles. The molecule has 2 aliphatic rings. The highest BCUT2D eigenvalue weighted by atomic mass is 16.2. The van der Waals surface area contributed by atoms with Crippen LogP contribution in [0.25, 0.3) is 0 Å². The van der Waals surface area contributed by atoms with Crippen LogP contribution in [0.15, 0.2) is 0 Å². The number of carbonyl (C=O) groups excluding carboxylic acids is 2. The predicted octanol–water partition coefficient (Wildman–Crippen LogP) is 0.845. The van der Waals surface area contributed by atoms with E-state index in [1.54, 1.807) is 4.90 Å². The molecule has 0 spiro atoms. The van der Waals surface area contributed by atoms with Crippen molar-refractivity contribution in [1.29, 1.82) is 0 Å². The van der Waals surface area contributed by atoms with Gasteiger partial charge in [0.15, 0.2) is 0 Å². The lowest BCUT2D eigenvalue weighted by molar-refractivity contribution is -0.143. The lowest BCUT2D eigenvalue weighted by Gasteiger charge is -2.29. The zero-order valence-electron chi connectivity index (χ0n) is 12.7. The second-order valence-electron chi connectivity index (χ2n) is 5.83. The van der Waals surface area contributed by atoms with E-state index in [0.717, 1.165) is 31.8 Å². The summed E-state index contributed by atoms with van der Waals surface area (Å²) in [4.78, 5) is 28.3. The Morgan fingerprint density at radius 2 is 1.90 bits per heavy atom. The van der Waals surface area contributed by atoms with Gasteiger partial charge in [0.25, 0.3) is 0 Å². The monoisotopic (exact) mass is 281 g/mol. The average molecular weight is 281 g/mol. The largest absolute Gasteiger partial charge is 0.341 e. The number of nitrogens with zero attached hydrogens (tertiary/aromatic N) is 2. The summed E-state index contributed by atoms with van der Waals surface area (Å²) in [6, 6.07) is -0.231. The molecule has 0 aromatic rings. The molecule has 1 heterocycles. The van der Waals surface area contributed by atoms with E-state index in [9.17, 15) is 9.59 Å². The van der Waals surface area contributed by atoms with Gasteiger partial charge < -0.3 is 15.1 Å². The molecule has 114 valence electrons. The van der Waals surface area contributed by atoms with Crippen LogP contribution in [0.1, 0.15) is 39.5 Å². The SMILES string of the molecule is CCN(CC)C(=O)C1CCCN1C(=O)CNCC1CC1. The molecule has 1 aliphatic carbocycles. The first-order chi connectivity index (χ1) is 9.67. The van der Waals surface area contributed by atoms with E-state index in [-0.39, 0.29) is 17.9 Å². The number of hydrogen-bond acceptors (Lipinski definition) is 3. The fraction of sp³-hybridized carbons (Fsp3) is 0.867. The van der Waals surface area contributed by atoms with E-state index in [2.05, 4.69) is 5.32 Å². The maximum Gasteiger partial charge on any atom is 0.245 e. The fourth-order valence-electron chi connectivity index (χ4n) is 2.87. The van der Waals surface area contributed by atoms with Crippen LogP contribution in [0.3, 0.4) is 0 Å². The number of nitrogens with one attached hydrogen (secondary N) is 1. The number of amides is 2. The summed E-state index contributed by atoms with van der Waals surface area (Å²) in [6.07, 6.45) is 4.32. The van der Waals surface area contributed by atoms with Crippen molar-refractivity contribution >= 4 is 11.8 Å². The Hall–Kier alpha value is -1.10.